The lowest BCUT2D eigenvalue weighted by atomic mass is 10.1. The maximum Gasteiger partial charge on any atom is 0.303 e. The molecular weight excluding hydrogens is 325 g/mol. The Labute approximate surface area is 127 Å². The third kappa shape index (κ3) is 3.25. The molecule has 1 aromatic carbocycles. The van der Waals surface area contributed by atoms with Crippen molar-refractivity contribution in [2.24, 2.45) is 5.92 Å². The van der Waals surface area contributed by atoms with Gasteiger partial charge >= 0.3 is 5.97 Å². The monoisotopic (exact) mass is 337 g/mol. The SMILES string of the molecule is O=C(O)CC1CCN(S(=O)(=O)c2ccc(Cl)c(Cl)c2)C1. The van der Waals surface area contributed by atoms with Crippen molar-refractivity contribution in [1.82, 2.24) is 4.31 Å². The van der Waals surface area contributed by atoms with Crippen molar-refractivity contribution in [3.8, 4) is 0 Å². The second kappa shape index (κ2) is 5.89. The molecule has 110 valence electrons. The predicted octanol–water partition coefficient (Wildman–Crippen LogP) is 2.48. The van der Waals surface area contributed by atoms with Crippen LogP contribution in [0.3, 0.4) is 0 Å². The van der Waals surface area contributed by atoms with Crippen LogP contribution < -0.4 is 0 Å². The summed E-state index contributed by atoms with van der Waals surface area (Å²) in [5.41, 5.74) is 0. The maximum atomic E-state index is 12.4. The summed E-state index contributed by atoms with van der Waals surface area (Å²) < 4.78 is 26.1. The molecule has 8 heteroatoms. The van der Waals surface area contributed by atoms with Gasteiger partial charge in [-0.1, -0.05) is 23.2 Å². The fraction of sp³-hybridized carbons (Fsp3) is 0.417. The molecule has 1 N–H and O–H groups in total. The highest BCUT2D eigenvalue weighted by molar-refractivity contribution is 7.89. The number of carboxylic acid groups (broad SMARTS) is 1. The predicted molar refractivity (Wildman–Crippen MR) is 75.6 cm³/mol. The first-order chi connectivity index (χ1) is 9.30. The number of rotatable bonds is 4. The van der Waals surface area contributed by atoms with Gasteiger partial charge in [-0.25, -0.2) is 8.42 Å². The zero-order valence-corrected chi connectivity index (χ0v) is 12.7. The van der Waals surface area contributed by atoms with E-state index in [-0.39, 0.29) is 33.8 Å². The van der Waals surface area contributed by atoms with Gasteiger partial charge in [0, 0.05) is 19.5 Å². The zero-order valence-electron chi connectivity index (χ0n) is 10.4. The summed E-state index contributed by atoms with van der Waals surface area (Å²) in [5.74, 6) is -1.06. The van der Waals surface area contributed by atoms with Crippen molar-refractivity contribution < 1.29 is 18.3 Å². The summed E-state index contributed by atoms with van der Waals surface area (Å²) >= 11 is 11.6. The Morgan fingerprint density at radius 2 is 2.05 bits per heavy atom. The molecule has 0 saturated carbocycles. The van der Waals surface area contributed by atoms with Crippen molar-refractivity contribution in [1.29, 1.82) is 0 Å². The molecule has 0 bridgehead atoms. The molecular formula is C12H13Cl2NO4S. The average Bonchev–Trinajstić information content (AvgIpc) is 2.80. The Morgan fingerprint density at radius 3 is 2.65 bits per heavy atom. The average molecular weight is 338 g/mol. The third-order valence-corrected chi connectivity index (χ3v) is 5.84. The van der Waals surface area contributed by atoms with E-state index in [0.29, 0.717) is 13.0 Å². The Hall–Kier alpha value is -0.820. The van der Waals surface area contributed by atoms with Gasteiger partial charge in [-0.15, -0.1) is 0 Å². The number of aliphatic carboxylic acids is 1. The van der Waals surface area contributed by atoms with Crippen molar-refractivity contribution >= 4 is 39.2 Å². The fourth-order valence-corrected chi connectivity index (χ4v) is 4.14. The number of carbonyl (C=O) groups is 1. The quantitative estimate of drug-likeness (QED) is 0.915. The maximum absolute atomic E-state index is 12.4. The van der Waals surface area contributed by atoms with Gasteiger partial charge in [0.1, 0.15) is 0 Å². The molecule has 0 aliphatic carbocycles. The molecule has 5 nitrogen and oxygen atoms in total. The van der Waals surface area contributed by atoms with Crippen LogP contribution in [0, 0.1) is 5.92 Å². The third-order valence-electron chi connectivity index (χ3n) is 3.24. The summed E-state index contributed by atoms with van der Waals surface area (Å²) in [5, 5.41) is 9.21. The van der Waals surface area contributed by atoms with Gasteiger partial charge in [0.2, 0.25) is 10.0 Å². The zero-order chi connectivity index (χ0) is 14.9. The highest BCUT2D eigenvalue weighted by Gasteiger charge is 2.33. The molecule has 1 saturated heterocycles. The van der Waals surface area contributed by atoms with Crippen LogP contribution in [0.25, 0.3) is 0 Å². The Bertz CT molecular complexity index is 632. The molecule has 1 unspecified atom stereocenters. The van der Waals surface area contributed by atoms with E-state index in [4.69, 9.17) is 28.3 Å². The van der Waals surface area contributed by atoms with Gasteiger partial charge in [-0.05, 0) is 30.5 Å². The number of halogens is 2. The summed E-state index contributed by atoms with van der Waals surface area (Å²) in [6.45, 7) is 0.537. The number of sulfonamides is 1. The molecule has 1 aliphatic rings. The van der Waals surface area contributed by atoms with Crippen molar-refractivity contribution in [2.75, 3.05) is 13.1 Å². The number of benzene rings is 1. The first-order valence-corrected chi connectivity index (χ1v) is 8.17. The molecule has 1 atom stereocenters. The minimum absolute atomic E-state index is 0.0204. The topological polar surface area (TPSA) is 74.7 Å². The van der Waals surface area contributed by atoms with Crippen LogP contribution in [0.1, 0.15) is 12.8 Å². The van der Waals surface area contributed by atoms with Crippen LogP contribution in [0.15, 0.2) is 23.1 Å². The van der Waals surface area contributed by atoms with Gasteiger partial charge in [0.25, 0.3) is 0 Å². The van der Waals surface area contributed by atoms with Gasteiger partial charge in [-0.2, -0.15) is 4.31 Å². The van der Waals surface area contributed by atoms with Gasteiger partial charge in [0.15, 0.2) is 0 Å². The molecule has 1 heterocycles. The van der Waals surface area contributed by atoms with E-state index in [2.05, 4.69) is 0 Å². The van der Waals surface area contributed by atoms with E-state index in [0.717, 1.165) is 0 Å². The molecule has 20 heavy (non-hydrogen) atoms. The van der Waals surface area contributed by atoms with Crippen molar-refractivity contribution in [3.63, 3.8) is 0 Å². The number of carboxylic acids is 1. The first-order valence-electron chi connectivity index (χ1n) is 5.97. The minimum Gasteiger partial charge on any atom is -0.481 e. The first kappa shape index (κ1) is 15.6. The molecule has 0 radical (unpaired) electrons. The lowest BCUT2D eigenvalue weighted by Crippen LogP contribution is -2.29. The normalized spacial score (nSPS) is 20.2. The van der Waals surface area contributed by atoms with Gasteiger partial charge < -0.3 is 5.11 Å². The van der Waals surface area contributed by atoms with Crippen LogP contribution in [-0.4, -0.2) is 36.9 Å². The van der Waals surface area contributed by atoms with Crippen LogP contribution in [0.4, 0.5) is 0 Å². The smallest absolute Gasteiger partial charge is 0.303 e. The van der Waals surface area contributed by atoms with Crippen LogP contribution in [0.2, 0.25) is 10.0 Å². The van der Waals surface area contributed by atoms with E-state index in [9.17, 15) is 13.2 Å². The van der Waals surface area contributed by atoms with E-state index >= 15 is 0 Å². The Balaban J connectivity index is 2.19. The Kier molecular flexibility index (Phi) is 4.59. The summed E-state index contributed by atoms with van der Waals surface area (Å²) in [4.78, 5) is 10.7. The molecule has 1 aliphatic heterocycles. The van der Waals surface area contributed by atoms with Crippen LogP contribution in [0.5, 0.6) is 0 Å². The standard InChI is InChI=1S/C12H13Cl2NO4S/c13-10-2-1-9(6-11(10)14)20(18,19)15-4-3-8(7-15)5-12(16)17/h1-2,6,8H,3-5,7H2,(H,16,17). The van der Waals surface area contributed by atoms with E-state index in [1.165, 1.54) is 22.5 Å². The molecule has 0 amide bonds. The molecule has 0 spiro atoms. The number of hydrogen-bond donors (Lipinski definition) is 1. The largest absolute Gasteiger partial charge is 0.481 e. The Morgan fingerprint density at radius 1 is 1.35 bits per heavy atom. The molecule has 0 aromatic heterocycles. The summed E-state index contributed by atoms with van der Waals surface area (Å²) in [6, 6.07) is 4.14. The highest BCUT2D eigenvalue weighted by atomic mass is 35.5. The van der Waals surface area contributed by atoms with E-state index in [1.54, 1.807) is 0 Å². The molecule has 1 aromatic rings. The van der Waals surface area contributed by atoms with E-state index < -0.39 is 16.0 Å². The minimum atomic E-state index is -3.65. The number of nitrogens with zero attached hydrogens (tertiary/aromatic N) is 1. The second-order valence-corrected chi connectivity index (χ2v) is 7.44. The van der Waals surface area contributed by atoms with Crippen LogP contribution >= 0.6 is 23.2 Å². The lowest BCUT2D eigenvalue weighted by Gasteiger charge is -2.16. The van der Waals surface area contributed by atoms with Crippen LogP contribution in [-0.2, 0) is 14.8 Å². The summed E-state index contributed by atoms with van der Waals surface area (Å²) in [7, 11) is -3.65. The number of hydrogen-bond acceptors (Lipinski definition) is 3. The van der Waals surface area contributed by atoms with Crippen molar-refractivity contribution in [2.45, 2.75) is 17.7 Å². The van der Waals surface area contributed by atoms with Crippen molar-refractivity contribution in [3.05, 3.63) is 28.2 Å². The molecule has 2 rings (SSSR count). The second-order valence-electron chi connectivity index (χ2n) is 4.69. The highest BCUT2D eigenvalue weighted by Crippen LogP contribution is 2.29. The molecule has 1 fully saturated rings. The van der Waals surface area contributed by atoms with Gasteiger partial charge in [0.05, 0.1) is 14.9 Å². The fourth-order valence-electron chi connectivity index (χ4n) is 2.22. The van der Waals surface area contributed by atoms with E-state index in [1.807, 2.05) is 0 Å². The lowest BCUT2D eigenvalue weighted by molar-refractivity contribution is -0.137. The summed E-state index contributed by atoms with van der Waals surface area (Å²) in [6.07, 6.45) is 0.528. The van der Waals surface area contributed by atoms with Gasteiger partial charge in [-0.3, -0.25) is 4.79 Å².